The number of benzene rings is 1. The highest BCUT2D eigenvalue weighted by molar-refractivity contribution is 14.1. The van der Waals surface area contributed by atoms with E-state index < -0.39 is 0 Å². The van der Waals surface area contributed by atoms with Crippen LogP contribution in [0, 0.1) is 3.57 Å². The van der Waals surface area contributed by atoms with Crippen LogP contribution in [0.3, 0.4) is 0 Å². The summed E-state index contributed by atoms with van der Waals surface area (Å²) < 4.78 is 16.5. The van der Waals surface area contributed by atoms with Crippen LogP contribution in [0.25, 0.3) is 0 Å². The van der Waals surface area contributed by atoms with Crippen molar-refractivity contribution in [1.29, 1.82) is 0 Å². The molecule has 0 fully saturated rings. The predicted octanol–water partition coefficient (Wildman–Crippen LogP) is 2.91. The van der Waals surface area contributed by atoms with E-state index in [-0.39, 0.29) is 44.3 Å². The number of ether oxygens (including phenoxy) is 3. The molecule has 0 saturated heterocycles. The lowest BCUT2D eigenvalue weighted by Crippen LogP contribution is -2.39. The molecule has 0 saturated carbocycles. The van der Waals surface area contributed by atoms with Crippen LogP contribution >= 0.6 is 22.6 Å². The second kappa shape index (κ2) is 12.8. The summed E-state index contributed by atoms with van der Waals surface area (Å²) in [6.07, 6.45) is 2.11. The Labute approximate surface area is 162 Å². The number of halogens is 1. The van der Waals surface area contributed by atoms with Gasteiger partial charge in [-0.15, -0.1) is 0 Å². The summed E-state index contributed by atoms with van der Waals surface area (Å²) in [6.45, 7) is 6.50. The van der Waals surface area contributed by atoms with E-state index in [1.54, 1.807) is 12.1 Å². The van der Waals surface area contributed by atoms with Crippen molar-refractivity contribution < 1.29 is 23.8 Å². The number of carbonyl (C=O) groups excluding carboxylic acids is 2. The van der Waals surface area contributed by atoms with Gasteiger partial charge >= 0.3 is 5.97 Å². The highest BCUT2D eigenvalue weighted by Crippen LogP contribution is 2.08. The van der Waals surface area contributed by atoms with Gasteiger partial charge in [-0.25, -0.2) is 0 Å². The molecule has 1 atom stereocenters. The molecular formula is C18H24INO5. The van der Waals surface area contributed by atoms with Crippen LogP contribution in [0.2, 0.25) is 0 Å². The predicted molar refractivity (Wildman–Crippen MR) is 103 cm³/mol. The summed E-state index contributed by atoms with van der Waals surface area (Å²) in [5.41, 5.74) is 0.560. The maximum absolute atomic E-state index is 12.3. The lowest BCUT2D eigenvalue weighted by molar-refractivity contribution is -0.142. The maximum atomic E-state index is 12.3. The Balaban J connectivity index is 2.56. The largest absolute Gasteiger partial charge is 0.461 e. The summed E-state index contributed by atoms with van der Waals surface area (Å²) in [7, 11) is 0. The highest BCUT2D eigenvalue weighted by Gasteiger charge is 2.16. The average molecular weight is 461 g/mol. The molecule has 0 aliphatic heterocycles. The number of hydrogen-bond acceptors (Lipinski definition) is 5. The second-order valence-corrected chi connectivity index (χ2v) is 6.41. The molecule has 25 heavy (non-hydrogen) atoms. The minimum absolute atomic E-state index is 0.146. The summed E-state index contributed by atoms with van der Waals surface area (Å²) in [6, 6.07) is 6.93. The van der Waals surface area contributed by atoms with Gasteiger partial charge in [0, 0.05) is 22.2 Å². The Kier molecular flexibility index (Phi) is 11.1. The van der Waals surface area contributed by atoms with Gasteiger partial charge in [0.1, 0.15) is 13.4 Å². The van der Waals surface area contributed by atoms with Crippen LogP contribution in [0.4, 0.5) is 0 Å². The monoisotopic (exact) mass is 461 g/mol. The van der Waals surface area contributed by atoms with E-state index in [9.17, 15) is 9.59 Å². The molecule has 1 amide bonds. The molecule has 1 aromatic rings. The summed E-state index contributed by atoms with van der Waals surface area (Å²) in [4.78, 5) is 24.0. The van der Waals surface area contributed by atoms with Gasteiger partial charge in [-0.1, -0.05) is 12.7 Å². The summed E-state index contributed by atoms with van der Waals surface area (Å²) >= 11 is 2.18. The van der Waals surface area contributed by atoms with Crippen molar-refractivity contribution in [2.24, 2.45) is 0 Å². The molecule has 138 valence electrons. The van der Waals surface area contributed by atoms with E-state index in [0.717, 1.165) is 3.57 Å². The van der Waals surface area contributed by atoms with Crippen molar-refractivity contribution in [1.82, 2.24) is 5.32 Å². The summed E-state index contributed by atoms with van der Waals surface area (Å²) in [5, 5.41) is 2.89. The smallest absolute Gasteiger partial charge is 0.306 e. The normalized spacial score (nSPS) is 11.6. The van der Waals surface area contributed by atoms with Crippen molar-refractivity contribution in [2.75, 3.05) is 26.6 Å². The second-order valence-electron chi connectivity index (χ2n) is 5.17. The number of amides is 1. The van der Waals surface area contributed by atoms with Crippen LogP contribution < -0.4 is 5.32 Å². The lowest BCUT2D eigenvalue weighted by Gasteiger charge is -2.18. The Morgan fingerprint density at radius 3 is 2.64 bits per heavy atom. The standard InChI is InChI=1S/C18H24INO5/c1-3-11-25-17(21)10-9-16(12-24-13-23-4-2)20-18(22)14-5-7-15(19)8-6-14/h3,5-8,16H,1,4,9-13H2,2H3,(H,20,22). The molecule has 1 aromatic carbocycles. The molecule has 0 radical (unpaired) electrons. The molecule has 0 aliphatic rings. The first-order chi connectivity index (χ1) is 12.1. The van der Waals surface area contributed by atoms with Crippen LogP contribution in [0.5, 0.6) is 0 Å². The van der Waals surface area contributed by atoms with Crippen molar-refractivity contribution in [3.05, 3.63) is 46.1 Å². The van der Waals surface area contributed by atoms with Gasteiger partial charge < -0.3 is 19.5 Å². The number of hydrogen-bond donors (Lipinski definition) is 1. The van der Waals surface area contributed by atoms with Crippen molar-refractivity contribution in [3.8, 4) is 0 Å². The molecule has 0 spiro atoms. The highest BCUT2D eigenvalue weighted by atomic mass is 127. The van der Waals surface area contributed by atoms with Crippen LogP contribution in [-0.4, -0.2) is 44.5 Å². The topological polar surface area (TPSA) is 73.9 Å². The van der Waals surface area contributed by atoms with E-state index >= 15 is 0 Å². The van der Waals surface area contributed by atoms with Crippen molar-refractivity contribution in [3.63, 3.8) is 0 Å². The van der Waals surface area contributed by atoms with E-state index in [0.29, 0.717) is 18.6 Å². The Morgan fingerprint density at radius 1 is 1.28 bits per heavy atom. The van der Waals surface area contributed by atoms with Crippen molar-refractivity contribution in [2.45, 2.75) is 25.8 Å². The Hall–Kier alpha value is -1.45. The van der Waals surface area contributed by atoms with E-state index in [1.165, 1.54) is 6.08 Å². The van der Waals surface area contributed by atoms with Gasteiger partial charge in [-0.3, -0.25) is 9.59 Å². The third kappa shape index (κ3) is 9.57. The van der Waals surface area contributed by atoms with Gasteiger partial charge in [0.2, 0.25) is 0 Å². The van der Waals surface area contributed by atoms with Gasteiger partial charge in [0.25, 0.3) is 5.91 Å². The molecule has 1 rings (SSSR count). The minimum Gasteiger partial charge on any atom is -0.461 e. The molecule has 0 aliphatic carbocycles. The van der Waals surface area contributed by atoms with Crippen LogP contribution in [0.1, 0.15) is 30.1 Å². The molecule has 7 heteroatoms. The van der Waals surface area contributed by atoms with Gasteiger partial charge in [0.15, 0.2) is 0 Å². The van der Waals surface area contributed by atoms with Gasteiger partial charge in [-0.05, 0) is 60.2 Å². The average Bonchev–Trinajstić information content (AvgIpc) is 2.61. The first-order valence-corrected chi connectivity index (χ1v) is 9.13. The lowest BCUT2D eigenvalue weighted by atomic mass is 10.1. The third-order valence-electron chi connectivity index (χ3n) is 3.19. The fourth-order valence-corrected chi connectivity index (χ4v) is 2.28. The van der Waals surface area contributed by atoms with E-state index in [4.69, 9.17) is 14.2 Å². The molecule has 0 heterocycles. The Morgan fingerprint density at radius 2 is 2.00 bits per heavy atom. The van der Waals surface area contributed by atoms with Gasteiger partial charge in [0.05, 0.1) is 12.6 Å². The quantitative estimate of drug-likeness (QED) is 0.170. The van der Waals surface area contributed by atoms with Crippen LogP contribution in [0.15, 0.2) is 36.9 Å². The number of rotatable bonds is 12. The minimum atomic E-state index is -0.335. The Bertz CT molecular complexity index is 547. The van der Waals surface area contributed by atoms with Crippen molar-refractivity contribution >= 4 is 34.5 Å². The molecule has 1 N–H and O–H groups in total. The zero-order valence-corrected chi connectivity index (χ0v) is 16.5. The number of nitrogens with one attached hydrogen (secondary N) is 1. The zero-order chi connectivity index (χ0) is 18.5. The fraction of sp³-hybridized carbons (Fsp3) is 0.444. The molecule has 0 bridgehead atoms. The van der Waals surface area contributed by atoms with E-state index in [2.05, 4.69) is 34.5 Å². The first-order valence-electron chi connectivity index (χ1n) is 8.05. The van der Waals surface area contributed by atoms with Gasteiger partial charge in [-0.2, -0.15) is 0 Å². The molecule has 6 nitrogen and oxygen atoms in total. The first kappa shape index (κ1) is 21.6. The number of esters is 1. The van der Waals surface area contributed by atoms with E-state index in [1.807, 2.05) is 19.1 Å². The third-order valence-corrected chi connectivity index (χ3v) is 3.91. The molecular weight excluding hydrogens is 437 g/mol. The fourth-order valence-electron chi connectivity index (χ4n) is 1.92. The maximum Gasteiger partial charge on any atom is 0.306 e. The molecule has 1 unspecified atom stereocenters. The molecule has 0 aromatic heterocycles. The summed E-state index contributed by atoms with van der Waals surface area (Å²) in [5.74, 6) is -0.543. The van der Waals surface area contributed by atoms with Crippen LogP contribution in [-0.2, 0) is 19.0 Å². The zero-order valence-electron chi connectivity index (χ0n) is 14.3. The number of carbonyl (C=O) groups is 2. The SMILES string of the molecule is C=CCOC(=O)CCC(COCOCC)NC(=O)c1ccc(I)cc1.